The third-order valence-corrected chi connectivity index (χ3v) is 3.08. The predicted octanol–water partition coefficient (Wildman–Crippen LogP) is 0.404. The van der Waals surface area contributed by atoms with Crippen LogP contribution in [-0.4, -0.2) is 59.0 Å². The number of piperazine rings is 1. The van der Waals surface area contributed by atoms with E-state index in [2.05, 4.69) is 18.7 Å². The highest BCUT2D eigenvalue weighted by Crippen LogP contribution is 2.10. The summed E-state index contributed by atoms with van der Waals surface area (Å²) in [7, 11) is 0. The van der Waals surface area contributed by atoms with Gasteiger partial charge >= 0.3 is 5.97 Å². The quantitative estimate of drug-likeness (QED) is 0.757. The summed E-state index contributed by atoms with van der Waals surface area (Å²) >= 11 is 0. The Labute approximate surface area is 96.0 Å². The van der Waals surface area contributed by atoms with Crippen molar-refractivity contribution in [2.45, 2.75) is 32.7 Å². The van der Waals surface area contributed by atoms with E-state index in [1.165, 1.54) is 0 Å². The minimum Gasteiger partial charge on any atom is -0.481 e. The largest absolute Gasteiger partial charge is 0.481 e. The molecule has 1 aliphatic heterocycles. The van der Waals surface area contributed by atoms with Gasteiger partial charge in [0.15, 0.2) is 0 Å². The molecular weight excluding hydrogens is 208 g/mol. The average molecular weight is 228 g/mol. The second kappa shape index (κ2) is 5.84. The molecule has 1 unspecified atom stereocenters. The van der Waals surface area contributed by atoms with Crippen molar-refractivity contribution in [2.75, 3.05) is 26.2 Å². The van der Waals surface area contributed by atoms with Crippen LogP contribution in [0.5, 0.6) is 0 Å². The highest BCUT2D eigenvalue weighted by Gasteiger charge is 2.25. The van der Waals surface area contributed by atoms with Crippen LogP contribution in [0.25, 0.3) is 0 Å². The van der Waals surface area contributed by atoms with Crippen molar-refractivity contribution in [1.29, 1.82) is 0 Å². The van der Waals surface area contributed by atoms with Crippen LogP contribution in [0.3, 0.4) is 0 Å². The molecule has 1 aliphatic rings. The second-order valence-corrected chi connectivity index (χ2v) is 4.21. The number of hydrogen-bond acceptors (Lipinski definition) is 3. The van der Waals surface area contributed by atoms with Crippen LogP contribution < -0.4 is 0 Å². The van der Waals surface area contributed by atoms with Gasteiger partial charge in [-0.25, -0.2) is 0 Å². The van der Waals surface area contributed by atoms with Crippen molar-refractivity contribution in [3.63, 3.8) is 0 Å². The molecule has 0 aromatic rings. The summed E-state index contributed by atoms with van der Waals surface area (Å²) in [5.41, 5.74) is 0. The van der Waals surface area contributed by atoms with Gasteiger partial charge in [0.05, 0.1) is 6.42 Å². The molecule has 0 saturated carbocycles. The van der Waals surface area contributed by atoms with E-state index in [1.807, 2.05) is 0 Å². The monoisotopic (exact) mass is 228 g/mol. The summed E-state index contributed by atoms with van der Waals surface area (Å²) in [5.74, 6) is -0.946. The number of hydrogen-bond donors (Lipinski definition) is 1. The first-order valence-corrected chi connectivity index (χ1v) is 5.78. The van der Waals surface area contributed by atoms with E-state index >= 15 is 0 Å². The molecule has 0 aliphatic carbocycles. The van der Waals surface area contributed by atoms with Crippen LogP contribution in [0.2, 0.25) is 0 Å². The van der Waals surface area contributed by atoms with Crippen molar-refractivity contribution in [3.8, 4) is 0 Å². The smallest absolute Gasteiger partial charge is 0.303 e. The van der Waals surface area contributed by atoms with Crippen LogP contribution in [0, 0.1) is 0 Å². The highest BCUT2D eigenvalue weighted by atomic mass is 16.4. The molecule has 1 atom stereocenters. The fraction of sp³-hybridized carbons (Fsp3) is 0.818. The van der Waals surface area contributed by atoms with E-state index in [-0.39, 0.29) is 18.7 Å². The van der Waals surface area contributed by atoms with E-state index < -0.39 is 5.97 Å². The molecule has 92 valence electrons. The molecule has 1 rings (SSSR count). The number of carboxylic acid groups (broad SMARTS) is 1. The van der Waals surface area contributed by atoms with E-state index in [0.29, 0.717) is 12.6 Å². The maximum Gasteiger partial charge on any atom is 0.303 e. The Balaban J connectivity index is 2.39. The Morgan fingerprint density at radius 2 is 2.00 bits per heavy atom. The summed E-state index contributed by atoms with van der Waals surface area (Å²) < 4.78 is 0. The van der Waals surface area contributed by atoms with Crippen LogP contribution >= 0.6 is 0 Å². The number of carbonyl (C=O) groups excluding carboxylic acids is 1. The molecule has 0 spiro atoms. The maximum absolute atomic E-state index is 11.7. The fourth-order valence-corrected chi connectivity index (χ4v) is 2.06. The van der Waals surface area contributed by atoms with E-state index in [1.54, 1.807) is 4.90 Å². The lowest BCUT2D eigenvalue weighted by Gasteiger charge is -2.39. The zero-order valence-corrected chi connectivity index (χ0v) is 9.98. The van der Waals surface area contributed by atoms with Gasteiger partial charge in [-0.3, -0.25) is 14.5 Å². The number of carboxylic acids is 1. The summed E-state index contributed by atoms with van der Waals surface area (Å²) in [6.07, 6.45) is 0.0510. The van der Waals surface area contributed by atoms with E-state index in [4.69, 9.17) is 5.11 Å². The molecule has 1 heterocycles. The summed E-state index contributed by atoms with van der Waals surface area (Å²) in [6, 6.07) is 0.368. The Bertz CT molecular complexity index is 268. The van der Waals surface area contributed by atoms with Crippen LogP contribution in [0.4, 0.5) is 0 Å². The molecule has 1 saturated heterocycles. The lowest BCUT2D eigenvalue weighted by atomic mass is 10.1. The zero-order chi connectivity index (χ0) is 12.1. The van der Waals surface area contributed by atoms with Gasteiger partial charge in [-0.2, -0.15) is 0 Å². The molecule has 16 heavy (non-hydrogen) atoms. The van der Waals surface area contributed by atoms with Crippen molar-refractivity contribution in [3.05, 3.63) is 0 Å². The molecule has 0 radical (unpaired) electrons. The molecule has 0 aromatic carbocycles. The molecule has 5 heteroatoms. The lowest BCUT2D eigenvalue weighted by molar-refractivity contribution is -0.141. The first-order chi connectivity index (χ1) is 7.54. The van der Waals surface area contributed by atoms with Gasteiger partial charge in [-0.15, -0.1) is 0 Å². The van der Waals surface area contributed by atoms with Crippen molar-refractivity contribution >= 4 is 11.9 Å². The number of aliphatic carboxylic acids is 1. The van der Waals surface area contributed by atoms with Gasteiger partial charge in [0.2, 0.25) is 5.91 Å². The third-order valence-electron chi connectivity index (χ3n) is 3.08. The number of carbonyl (C=O) groups is 2. The van der Waals surface area contributed by atoms with Crippen molar-refractivity contribution in [2.24, 2.45) is 0 Å². The van der Waals surface area contributed by atoms with Crippen molar-refractivity contribution < 1.29 is 14.7 Å². The normalized spacial score (nSPS) is 22.1. The third kappa shape index (κ3) is 3.48. The zero-order valence-electron chi connectivity index (χ0n) is 9.98. The van der Waals surface area contributed by atoms with Gasteiger partial charge in [0.25, 0.3) is 0 Å². The summed E-state index contributed by atoms with van der Waals surface area (Å²) in [4.78, 5) is 26.2. The Morgan fingerprint density at radius 1 is 1.31 bits per heavy atom. The highest BCUT2D eigenvalue weighted by molar-refractivity contribution is 5.80. The molecular formula is C11H20N2O3. The summed E-state index contributed by atoms with van der Waals surface area (Å²) in [6.45, 7) is 7.52. The Morgan fingerprint density at radius 3 is 2.50 bits per heavy atom. The molecule has 1 N–H and O–H groups in total. The molecule has 0 aromatic heterocycles. The van der Waals surface area contributed by atoms with Gasteiger partial charge in [-0.05, 0) is 13.5 Å². The van der Waals surface area contributed by atoms with Crippen LogP contribution in [0.1, 0.15) is 26.7 Å². The van der Waals surface area contributed by atoms with E-state index in [9.17, 15) is 9.59 Å². The predicted molar refractivity (Wildman–Crippen MR) is 60.2 cm³/mol. The minimum absolute atomic E-state index is 0.0370. The van der Waals surface area contributed by atoms with Gasteiger partial charge in [-0.1, -0.05) is 6.92 Å². The number of nitrogens with zero attached hydrogens (tertiary/aromatic N) is 2. The lowest BCUT2D eigenvalue weighted by Crippen LogP contribution is -2.53. The topological polar surface area (TPSA) is 60.9 Å². The molecule has 0 bridgehead atoms. The Hall–Kier alpha value is -1.10. The van der Waals surface area contributed by atoms with Crippen molar-refractivity contribution in [1.82, 2.24) is 9.80 Å². The SMILES string of the molecule is CCN1CCN(C(=O)CCC(=O)O)CC1C. The first kappa shape index (κ1) is 13.0. The van der Waals surface area contributed by atoms with Crippen LogP contribution in [0.15, 0.2) is 0 Å². The minimum atomic E-state index is -0.909. The summed E-state index contributed by atoms with van der Waals surface area (Å²) in [5, 5.41) is 8.51. The molecule has 1 fully saturated rings. The first-order valence-electron chi connectivity index (χ1n) is 5.78. The fourth-order valence-electron chi connectivity index (χ4n) is 2.06. The number of rotatable bonds is 4. The number of likely N-dealkylation sites (N-methyl/N-ethyl adjacent to an activating group) is 1. The van der Waals surface area contributed by atoms with Gasteiger partial charge in [0, 0.05) is 32.1 Å². The standard InChI is InChI=1S/C11H20N2O3/c1-3-12-6-7-13(8-9(12)2)10(14)4-5-11(15)16/h9H,3-8H2,1-2H3,(H,15,16). The van der Waals surface area contributed by atoms with E-state index in [0.717, 1.165) is 19.6 Å². The van der Waals surface area contributed by atoms with Gasteiger partial charge in [0.1, 0.15) is 0 Å². The maximum atomic E-state index is 11.7. The Kier molecular flexibility index (Phi) is 4.73. The van der Waals surface area contributed by atoms with Crippen LogP contribution in [-0.2, 0) is 9.59 Å². The van der Waals surface area contributed by atoms with Gasteiger partial charge < -0.3 is 10.0 Å². The second-order valence-electron chi connectivity index (χ2n) is 4.21. The molecule has 5 nitrogen and oxygen atoms in total. The number of amides is 1. The average Bonchev–Trinajstić information content (AvgIpc) is 2.25. The molecule has 1 amide bonds.